The normalized spacial score (nSPS) is 12.7. The highest BCUT2D eigenvalue weighted by atomic mass is 32.2. The molecular weight excluding hydrogens is 509 g/mol. The van der Waals surface area contributed by atoms with Gasteiger partial charge < -0.3 is 20.7 Å². The Kier molecular flexibility index (Phi) is 8.20. The topological polar surface area (TPSA) is 144 Å². The largest absolute Gasteiger partial charge is 0.396 e. The number of aliphatic hydroxyl groups excluding tert-OH is 1. The lowest BCUT2D eigenvalue weighted by Crippen LogP contribution is -2.28. The number of nitrogens with zero attached hydrogens (tertiary/aromatic N) is 3. The number of rotatable bonds is 10. The zero-order valence-electron chi connectivity index (χ0n) is 21.3. The summed E-state index contributed by atoms with van der Waals surface area (Å²) >= 11 is 0. The summed E-state index contributed by atoms with van der Waals surface area (Å²) in [6.07, 6.45) is 1.64. The van der Waals surface area contributed by atoms with Crippen LogP contribution in [0.4, 0.5) is 10.2 Å². The number of anilines is 1. The number of hydrogen-bond acceptors (Lipinski definition) is 9. The maximum absolute atomic E-state index is 14.7. The van der Waals surface area contributed by atoms with Crippen molar-refractivity contribution in [1.29, 1.82) is 0 Å². The van der Waals surface area contributed by atoms with E-state index in [1.165, 1.54) is 24.4 Å². The highest BCUT2D eigenvalue weighted by Gasteiger charge is 2.29. The number of halogens is 1. The van der Waals surface area contributed by atoms with Gasteiger partial charge in [0.1, 0.15) is 11.5 Å². The van der Waals surface area contributed by atoms with Gasteiger partial charge in [0, 0.05) is 30.3 Å². The lowest BCUT2D eigenvalue weighted by Gasteiger charge is -2.20. The predicted molar refractivity (Wildman–Crippen MR) is 143 cm³/mol. The minimum absolute atomic E-state index is 0.101. The average Bonchev–Trinajstić information content (AvgIpc) is 3.37. The smallest absolute Gasteiger partial charge is 0.189 e. The van der Waals surface area contributed by atoms with Crippen LogP contribution in [0.5, 0.6) is 0 Å². The fourth-order valence-corrected chi connectivity index (χ4v) is 6.27. The SMILES string of the molecule is CNCc1ccc(-c2cc(-c3nc(-c4ccc(S(=O)(=O)C(CCO)C(C)C)cc4)cnc3N)on2)c(F)c1. The molecule has 0 fully saturated rings. The third-order valence-corrected chi connectivity index (χ3v) is 8.78. The fraction of sp³-hybridized carbons (Fsp3) is 0.296. The number of nitrogen functional groups attached to an aromatic ring is 1. The molecule has 0 saturated carbocycles. The maximum atomic E-state index is 14.7. The Balaban J connectivity index is 1.63. The molecular formula is C27H30FN5O4S. The van der Waals surface area contributed by atoms with Crippen molar-refractivity contribution >= 4 is 15.7 Å². The van der Waals surface area contributed by atoms with Gasteiger partial charge in [-0.15, -0.1) is 0 Å². The Morgan fingerprint density at radius 1 is 1.11 bits per heavy atom. The summed E-state index contributed by atoms with van der Waals surface area (Å²) in [5.74, 6) is -0.263. The summed E-state index contributed by atoms with van der Waals surface area (Å²) in [5.41, 5.74) is 8.71. The molecule has 9 nitrogen and oxygen atoms in total. The van der Waals surface area contributed by atoms with E-state index in [-0.39, 0.29) is 52.4 Å². The van der Waals surface area contributed by atoms with Crippen LogP contribution in [-0.2, 0) is 16.4 Å². The molecule has 2 aromatic carbocycles. The van der Waals surface area contributed by atoms with Crippen LogP contribution in [0.3, 0.4) is 0 Å². The summed E-state index contributed by atoms with van der Waals surface area (Å²) in [6, 6.07) is 12.7. The first-order valence-electron chi connectivity index (χ1n) is 12.1. The second-order valence-electron chi connectivity index (χ2n) is 9.27. The van der Waals surface area contributed by atoms with Crippen molar-refractivity contribution in [3.8, 4) is 34.0 Å². The van der Waals surface area contributed by atoms with Crippen LogP contribution in [0.25, 0.3) is 34.0 Å². The number of hydrogen-bond donors (Lipinski definition) is 3. The van der Waals surface area contributed by atoms with Crippen molar-refractivity contribution in [2.45, 2.75) is 37.0 Å². The molecule has 0 aliphatic rings. The fourth-order valence-electron chi connectivity index (χ4n) is 4.28. The van der Waals surface area contributed by atoms with E-state index in [4.69, 9.17) is 10.3 Å². The van der Waals surface area contributed by atoms with E-state index in [9.17, 15) is 17.9 Å². The van der Waals surface area contributed by atoms with Gasteiger partial charge in [0.05, 0.1) is 22.0 Å². The van der Waals surface area contributed by atoms with Crippen molar-refractivity contribution in [3.63, 3.8) is 0 Å². The lowest BCUT2D eigenvalue weighted by molar-refractivity contribution is 0.276. The number of sulfone groups is 1. The van der Waals surface area contributed by atoms with Gasteiger partial charge in [-0.2, -0.15) is 0 Å². The number of aromatic nitrogens is 3. The number of nitrogens with two attached hydrogens (primary N) is 1. The molecule has 4 N–H and O–H groups in total. The zero-order chi connectivity index (χ0) is 27.4. The minimum atomic E-state index is -3.63. The van der Waals surface area contributed by atoms with Crippen LogP contribution in [-0.4, -0.2) is 47.6 Å². The van der Waals surface area contributed by atoms with Gasteiger partial charge in [-0.05, 0) is 49.2 Å². The highest BCUT2D eigenvalue weighted by molar-refractivity contribution is 7.92. The van der Waals surface area contributed by atoms with Crippen LogP contribution in [0.2, 0.25) is 0 Å². The van der Waals surface area contributed by atoms with Gasteiger partial charge >= 0.3 is 0 Å². The maximum Gasteiger partial charge on any atom is 0.189 e. The first-order chi connectivity index (χ1) is 18.1. The molecule has 0 amide bonds. The summed E-state index contributed by atoms with van der Waals surface area (Å²) in [6.45, 7) is 3.97. The summed E-state index contributed by atoms with van der Waals surface area (Å²) in [5, 5.41) is 15.6. The van der Waals surface area contributed by atoms with Crippen molar-refractivity contribution < 1.29 is 22.4 Å². The standard InChI is InChI=1S/C27H30FN5O4S/c1-16(2)25(10-11-34)38(35,36)19-7-5-18(6-8-19)23-15-31-27(29)26(32-23)24-13-22(33-37-24)20-9-4-17(14-30-3)12-21(20)28/h4-9,12-13,15-16,25,30,34H,10-11,14H2,1-3H3,(H2,29,31). The molecule has 0 radical (unpaired) electrons. The van der Waals surface area contributed by atoms with Gasteiger partial charge in [-0.1, -0.05) is 37.2 Å². The first-order valence-corrected chi connectivity index (χ1v) is 13.7. The molecule has 0 saturated heterocycles. The molecule has 200 valence electrons. The average molecular weight is 540 g/mol. The quantitative estimate of drug-likeness (QED) is 0.271. The second kappa shape index (κ2) is 11.4. The zero-order valence-corrected chi connectivity index (χ0v) is 22.2. The van der Waals surface area contributed by atoms with Crippen molar-refractivity contribution in [3.05, 3.63) is 66.1 Å². The molecule has 2 aromatic heterocycles. The molecule has 2 heterocycles. The third kappa shape index (κ3) is 5.59. The molecule has 1 unspecified atom stereocenters. The molecule has 0 spiro atoms. The second-order valence-corrected chi connectivity index (χ2v) is 11.4. The van der Waals surface area contributed by atoms with Gasteiger partial charge in [0.2, 0.25) is 0 Å². The molecule has 1 atom stereocenters. The monoisotopic (exact) mass is 539 g/mol. The number of benzene rings is 2. The summed E-state index contributed by atoms with van der Waals surface area (Å²) in [7, 11) is -1.84. The van der Waals surface area contributed by atoms with Crippen molar-refractivity contribution in [2.24, 2.45) is 5.92 Å². The highest BCUT2D eigenvalue weighted by Crippen LogP contribution is 2.32. The Morgan fingerprint density at radius 2 is 1.84 bits per heavy atom. The van der Waals surface area contributed by atoms with Crippen LogP contribution < -0.4 is 11.1 Å². The van der Waals surface area contributed by atoms with Gasteiger partial charge in [0.15, 0.2) is 27.1 Å². The third-order valence-electron chi connectivity index (χ3n) is 6.27. The molecule has 11 heteroatoms. The van der Waals surface area contributed by atoms with Gasteiger partial charge in [-0.25, -0.2) is 22.8 Å². The van der Waals surface area contributed by atoms with Crippen molar-refractivity contribution in [1.82, 2.24) is 20.4 Å². The van der Waals surface area contributed by atoms with E-state index in [0.29, 0.717) is 17.8 Å². The van der Waals surface area contributed by atoms with Crippen LogP contribution in [0, 0.1) is 11.7 Å². The molecule has 0 aliphatic carbocycles. The molecule has 4 aromatic rings. The Labute approximate surface area is 220 Å². The first kappa shape index (κ1) is 27.4. The Hall–Kier alpha value is -3.67. The number of nitrogens with one attached hydrogen (secondary N) is 1. The molecule has 0 bridgehead atoms. The summed E-state index contributed by atoms with van der Waals surface area (Å²) in [4.78, 5) is 8.94. The molecule has 0 aliphatic heterocycles. The number of aliphatic hydroxyl groups is 1. The van der Waals surface area contributed by atoms with Crippen molar-refractivity contribution in [2.75, 3.05) is 19.4 Å². The van der Waals surface area contributed by atoms with Crippen LogP contribution >= 0.6 is 0 Å². The van der Waals surface area contributed by atoms with E-state index in [2.05, 4.69) is 20.4 Å². The van der Waals surface area contributed by atoms with E-state index in [1.54, 1.807) is 37.4 Å². The van der Waals surface area contributed by atoms with E-state index >= 15 is 0 Å². The van der Waals surface area contributed by atoms with E-state index in [0.717, 1.165) is 5.56 Å². The van der Waals surface area contributed by atoms with Gasteiger partial charge in [0.25, 0.3) is 0 Å². The van der Waals surface area contributed by atoms with Crippen LogP contribution in [0.15, 0.2) is 64.1 Å². The van der Waals surface area contributed by atoms with Crippen LogP contribution in [0.1, 0.15) is 25.8 Å². The van der Waals surface area contributed by atoms with E-state index < -0.39 is 20.9 Å². The molecule has 38 heavy (non-hydrogen) atoms. The predicted octanol–water partition coefficient (Wildman–Crippen LogP) is 4.09. The molecule has 4 rings (SSSR count). The Morgan fingerprint density at radius 3 is 2.47 bits per heavy atom. The Bertz CT molecular complexity index is 1520. The van der Waals surface area contributed by atoms with Gasteiger partial charge in [-0.3, -0.25) is 0 Å². The summed E-state index contributed by atoms with van der Waals surface area (Å²) < 4.78 is 46.3. The minimum Gasteiger partial charge on any atom is -0.396 e. The lowest BCUT2D eigenvalue weighted by atomic mass is 10.1. The van der Waals surface area contributed by atoms with E-state index in [1.807, 2.05) is 13.8 Å².